The molecular formula is C18H20FN3O2. The van der Waals surface area contributed by atoms with Gasteiger partial charge in [-0.1, -0.05) is 19.1 Å². The van der Waals surface area contributed by atoms with E-state index in [2.05, 4.69) is 9.97 Å². The van der Waals surface area contributed by atoms with Gasteiger partial charge in [0.15, 0.2) is 17.7 Å². The monoisotopic (exact) mass is 329 g/mol. The number of benzene rings is 1. The SMILES string of the molecule is CCC(Oc1ccccc1F)C(=O)N1CCC(c2cnccn2)C1. The molecule has 0 aliphatic carbocycles. The molecule has 1 amide bonds. The van der Waals surface area contributed by atoms with Gasteiger partial charge in [-0.05, 0) is 25.0 Å². The van der Waals surface area contributed by atoms with E-state index in [-0.39, 0.29) is 17.6 Å². The van der Waals surface area contributed by atoms with Crippen molar-refractivity contribution in [3.05, 3.63) is 54.4 Å². The molecule has 6 heteroatoms. The summed E-state index contributed by atoms with van der Waals surface area (Å²) in [5.74, 6) is -0.259. The summed E-state index contributed by atoms with van der Waals surface area (Å²) in [6.45, 7) is 3.10. The van der Waals surface area contributed by atoms with Crippen LogP contribution in [0.4, 0.5) is 4.39 Å². The number of carbonyl (C=O) groups is 1. The Morgan fingerprint density at radius 3 is 2.96 bits per heavy atom. The molecule has 3 rings (SSSR count). The molecule has 0 N–H and O–H groups in total. The number of nitrogens with zero attached hydrogens (tertiary/aromatic N) is 3. The lowest BCUT2D eigenvalue weighted by atomic mass is 10.1. The van der Waals surface area contributed by atoms with Crippen molar-refractivity contribution in [3.8, 4) is 5.75 Å². The highest BCUT2D eigenvalue weighted by molar-refractivity contribution is 5.81. The average Bonchev–Trinajstić information content (AvgIpc) is 3.11. The quantitative estimate of drug-likeness (QED) is 0.846. The molecule has 0 spiro atoms. The van der Waals surface area contributed by atoms with Gasteiger partial charge in [-0.2, -0.15) is 0 Å². The normalized spacial score (nSPS) is 18.4. The van der Waals surface area contributed by atoms with Crippen LogP contribution >= 0.6 is 0 Å². The van der Waals surface area contributed by atoms with Crippen LogP contribution in [0.2, 0.25) is 0 Å². The van der Waals surface area contributed by atoms with Crippen molar-refractivity contribution in [3.63, 3.8) is 0 Å². The first-order valence-electron chi connectivity index (χ1n) is 8.15. The summed E-state index contributed by atoms with van der Waals surface area (Å²) >= 11 is 0. The molecule has 2 atom stereocenters. The lowest BCUT2D eigenvalue weighted by Crippen LogP contribution is -2.40. The van der Waals surface area contributed by atoms with Gasteiger partial charge in [-0.25, -0.2) is 4.39 Å². The zero-order valence-electron chi connectivity index (χ0n) is 13.6. The number of carbonyl (C=O) groups excluding carboxylic acids is 1. The summed E-state index contributed by atoms with van der Waals surface area (Å²) < 4.78 is 19.4. The van der Waals surface area contributed by atoms with E-state index in [9.17, 15) is 9.18 Å². The highest BCUT2D eigenvalue weighted by atomic mass is 19.1. The molecule has 1 fully saturated rings. The number of amides is 1. The van der Waals surface area contributed by atoms with E-state index in [0.29, 0.717) is 19.5 Å². The van der Waals surface area contributed by atoms with Crippen molar-refractivity contribution in [2.24, 2.45) is 0 Å². The summed E-state index contributed by atoms with van der Waals surface area (Å²) in [5.41, 5.74) is 0.899. The minimum atomic E-state index is -0.678. The number of halogens is 1. The molecule has 1 aliphatic heterocycles. The third-order valence-electron chi connectivity index (χ3n) is 4.25. The fraction of sp³-hybridized carbons (Fsp3) is 0.389. The summed E-state index contributed by atoms with van der Waals surface area (Å²) in [5, 5.41) is 0. The van der Waals surface area contributed by atoms with Gasteiger partial charge in [0.25, 0.3) is 5.91 Å². The molecular weight excluding hydrogens is 309 g/mol. The number of rotatable bonds is 5. The lowest BCUT2D eigenvalue weighted by Gasteiger charge is -2.23. The van der Waals surface area contributed by atoms with Crippen molar-refractivity contribution in [1.82, 2.24) is 14.9 Å². The van der Waals surface area contributed by atoms with Crippen LogP contribution in [-0.2, 0) is 4.79 Å². The Morgan fingerprint density at radius 2 is 2.25 bits per heavy atom. The first kappa shape index (κ1) is 16.4. The molecule has 2 unspecified atom stereocenters. The van der Waals surface area contributed by atoms with E-state index in [1.165, 1.54) is 12.1 Å². The van der Waals surface area contributed by atoms with Crippen LogP contribution in [0, 0.1) is 5.82 Å². The molecule has 0 saturated carbocycles. The summed E-state index contributed by atoms with van der Waals surface area (Å²) in [6.07, 6.45) is 5.70. The molecule has 1 aliphatic rings. The topological polar surface area (TPSA) is 55.3 Å². The van der Waals surface area contributed by atoms with Crippen LogP contribution in [0.25, 0.3) is 0 Å². The number of likely N-dealkylation sites (tertiary alicyclic amines) is 1. The summed E-state index contributed by atoms with van der Waals surface area (Å²) in [4.78, 5) is 22.9. The molecule has 2 aromatic rings. The number of hydrogen-bond donors (Lipinski definition) is 0. The van der Waals surface area contributed by atoms with E-state index in [1.807, 2.05) is 6.92 Å². The second kappa shape index (κ2) is 7.38. The Hall–Kier alpha value is -2.50. The second-order valence-corrected chi connectivity index (χ2v) is 5.85. The highest BCUT2D eigenvalue weighted by Crippen LogP contribution is 2.27. The maximum Gasteiger partial charge on any atom is 0.263 e. The largest absolute Gasteiger partial charge is 0.478 e. The smallest absolute Gasteiger partial charge is 0.263 e. The van der Waals surface area contributed by atoms with E-state index in [0.717, 1.165) is 12.1 Å². The zero-order valence-corrected chi connectivity index (χ0v) is 13.6. The summed E-state index contributed by atoms with van der Waals surface area (Å²) in [7, 11) is 0. The first-order chi connectivity index (χ1) is 11.7. The predicted octanol–water partition coefficient (Wildman–Crippen LogP) is 2.79. The Kier molecular flexibility index (Phi) is 5.03. The van der Waals surface area contributed by atoms with Gasteiger partial charge >= 0.3 is 0 Å². The van der Waals surface area contributed by atoms with Gasteiger partial charge in [0.05, 0.1) is 5.69 Å². The maximum absolute atomic E-state index is 13.7. The lowest BCUT2D eigenvalue weighted by molar-refractivity contribution is -0.137. The highest BCUT2D eigenvalue weighted by Gasteiger charge is 2.32. The number of aromatic nitrogens is 2. The number of para-hydroxylation sites is 1. The van der Waals surface area contributed by atoms with Gasteiger partial charge in [0.2, 0.25) is 0 Å². The van der Waals surface area contributed by atoms with Crippen LogP contribution < -0.4 is 4.74 Å². The maximum atomic E-state index is 13.7. The molecule has 1 aromatic heterocycles. The predicted molar refractivity (Wildman–Crippen MR) is 87.1 cm³/mol. The Bertz CT molecular complexity index is 696. The van der Waals surface area contributed by atoms with Crippen molar-refractivity contribution < 1.29 is 13.9 Å². The van der Waals surface area contributed by atoms with Crippen LogP contribution in [0.1, 0.15) is 31.4 Å². The van der Waals surface area contributed by atoms with Gasteiger partial charge in [-0.3, -0.25) is 14.8 Å². The first-order valence-corrected chi connectivity index (χ1v) is 8.15. The van der Waals surface area contributed by atoms with Crippen LogP contribution in [-0.4, -0.2) is 40.0 Å². The number of ether oxygens (including phenoxy) is 1. The third kappa shape index (κ3) is 3.53. The van der Waals surface area contributed by atoms with E-state index in [1.54, 1.807) is 35.6 Å². The van der Waals surface area contributed by atoms with Crippen molar-refractivity contribution in [1.29, 1.82) is 0 Å². The molecule has 24 heavy (non-hydrogen) atoms. The number of hydrogen-bond acceptors (Lipinski definition) is 4. The molecule has 0 bridgehead atoms. The molecule has 1 aromatic carbocycles. The Morgan fingerprint density at radius 1 is 1.42 bits per heavy atom. The van der Waals surface area contributed by atoms with Crippen LogP contribution in [0.5, 0.6) is 5.75 Å². The molecule has 126 valence electrons. The minimum Gasteiger partial charge on any atom is -0.478 e. The molecule has 5 nitrogen and oxygen atoms in total. The van der Waals surface area contributed by atoms with Crippen molar-refractivity contribution in [2.45, 2.75) is 31.8 Å². The zero-order chi connectivity index (χ0) is 16.9. The molecule has 1 saturated heterocycles. The van der Waals surface area contributed by atoms with Gasteiger partial charge < -0.3 is 9.64 Å². The van der Waals surface area contributed by atoms with E-state index < -0.39 is 11.9 Å². The van der Waals surface area contributed by atoms with Gasteiger partial charge in [-0.15, -0.1) is 0 Å². The Balaban J connectivity index is 1.66. The van der Waals surface area contributed by atoms with E-state index >= 15 is 0 Å². The van der Waals surface area contributed by atoms with Gasteiger partial charge in [0, 0.05) is 37.6 Å². The van der Waals surface area contributed by atoms with Crippen LogP contribution in [0.3, 0.4) is 0 Å². The average molecular weight is 329 g/mol. The minimum absolute atomic E-state index is 0.104. The molecule has 2 heterocycles. The fourth-order valence-corrected chi connectivity index (χ4v) is 2.93. The Labute approximate surface area is 140 Å². The van der Waals surface area contributed by atoms with E-state index in [4.69, 9.17) is 4.74 Å². The summed E-state index contributed by atoms with van der Waals surface area (Å²) in [6, 6.07) is 6.15. The van der Waals surface area contributed by atoms with Crippen molar-refractivity contribution in [2.75, 3.05) is 13.1 Å². The van der Waals surface area contributed by atoms with Crippen molar-refractivity contribution >= 4 is 5.91 Å². The second-order valence-electron chi connectivity index (χ2n) is 5.85. The standard InChI is InChI=1S/C18H20FN3O2/c1-2-16(24-17-6-4-3-5-14(17)19)18(23)22-10-7-13(12-22)15-11-20-8-9-21-15/h3-6,8-9,11,13,16H,2,7,10,12H2,1H3. The van der Waals surface area contributed by atoms with Gasteiger partial charge in [0.1, 0.15) is 0 Å². The molecule has 0 radical (unpaired) electrons. The third-order valence-corrected chi connectivity index (χ3v) is 4.25. The fourth-order valence-electron chi connectivity index (χ4n) is 2.93. The van der Waals surface area contributed by atoms with Crippen LogP contribution in [0.15, 0.2) is 42.9 Å².